The minimum absolute atomic E-state index is 0.00717. The number of hydrogen-bond acceptors (Lipinski definition) is 9. The minimum atomic E-state index is -2.80. The number of benzene rings is 4. The van der Waals surface area contributed by atoms with Crippen LogP contribution in [-0.4, -0.2) is 92.3 Å². The number of rotatable bonds is 33. The normalized spacial score (nSPS) is 21.1. The SMILES string of the molecule is CC[Si](CC)(CC)O[C@@H]([C@@H](C)[C@H](OCc1ccc(OC)cc1)[C@@H](C)[C@H](C)OCc1ccccc1)[C@@H](C)[C@@H](O[Si](CC)(CC)CC)C(O)C[C@H](C)[C@@H]1OC(C)(C)O[C@H]([C@@H](C)CO[Si](c2ccccc2)(c2ccccc2)C(C)(C)C)[C@@H]1C. The molecule has 1 unspecified atom stereocenters. The molecule has 1 fully saturated rings. The van der Waals surface area contributed by atoms with Gasteiger partial charge < -0.3 is 42.1 Å². The molecular weight excluding hydrogens is 1040 g/mol. The Kier molecular flexibility index (Phi) is 26.0. The second-order valence-electron chi connectivity index (χ2n) is 25.5. The van der Waals surface area contributed by atoms with Crippen LogP contribution in [0.15, 0.2) is 115 Å². The zero-order chi connectivity index (χ0) is 59.1. The molecule has 0 amide bonds. The van der Waals surface area contributed by atoms with Gasteiger partial charge in [-0.3, -0.25) is 0 Å². The molecule has 1 aliphatic rings. The summed E-state index contributed by atoms with van der Waals surface area (Å²) >= 11 is 0. The lowest BCUT2D eigenvalue weighted by Crippen LogP contribution is -2.67. The monoisotopic (exact) mass is 1150 g/mol. The summed E-state index contributed by atoms with van der Waals surface area (Å²) in [5, 5.41) is 15.7. The van der Waals surface area contributed by atoms with E-state index in [0.717, 1.165) is 53.1 Å². The van der Waals surface area contributed by atoms with Gasteiger partial charge in [0.1, 0.15) is 5.75 Å². The Balaban J connectivity index is 1.51. The van der Waals surface area contributed by atoms with Crippen LogP contribution in [0.4, 0.5) is 0 Å². The highest BCUT2D eigenvalue weighted by Crippen LogP contribution is 2.44. The summed E-state index contributed by atoms with van der Waals surface area (Å²) < 4.78 is 56.6. The third-order valence-electron chi connectivity index (χ3n) is 18.9. The molecule has 1 aliphatic heterocycles. The van der Waals surface area contributed by atoms with E-state index in [1.165, 1.54) is 10.4 Å². The highest BCUT2D eigenvalue weighted by Gasteiger charge is 2.53. The fraction of sp³-hybridized carbons (Fsp3) is 0.647. The Morgan fingerprint density at radius 2 is 0.975 bits per heavy atom. The molecule has 0 bridgehead atoms. The first-order valence-electron chi connectivity index (χ1n) is 31.0. The molecule has 13 atom stereocenters. The van der Waals surface area contributed by atoms with Crippen molar-refractivity contribution in [2.75, 3.05) is 13.7 Å². The molecule has 9 nitrogen and oxygen atoms in total. The molecule has 12 heteroatoms. The van der Waals surface area contributed by atoms with Crippen LogP contribution >= 0.6 is 0 Å². The van der Waals surface area contributed by atoms with Crippen LogP contribution in [0, 0.1) is 35.5 Å². The second-order valence-corrected chi connectivity index (χ2v) is 39.3. The molecule has 4 aromatic rings. The number of hydrogen-bond donors (Lipinski definition) is 1. The number of methoxy groups -OCH3 is 1. The summed E-state index contributed by atoms with van der Waals surface area (Å²) in [5.74, 6) is -0.312. The third kappa shape index (κ3) is 16.9. The van der Waals surface area contributed by atoms with E-state index in [2.05, 4.69) is 208 Å². The molecule has 80 heavy (non-hydrogen) atoms. The van der Waals surface area contributed by atoms with Crippen molar-refractivity contribution in [3.8, 4) is 5.75 Å². The van der Waals surface area contributed by atoms with E-state index in [9.17, 15) is 5.11 Å². The van der Waals surface area contributed by atoms with Crippen molar-refractivity contribution in [1.82, 2.24) is 0 Å². The molecule has 1 N–H and O–H groups in total. The van der Waals surface area contributed by atoms with Gasteiger partial charge in [0, 0.05) is 36.2 Å². The van der Waals surface area contributed by atoms with Gasteiger partial charge in [-0.05, 0) is 108 Å². The Morgan fingerprint density at radius 3 is 1.44 bits per heavy atom. The average molecular weight is 1160 g/mol. The van der Waals surface area contributed by atoms with Crippen molar-refractivity contribution >= 4 is 35.3 Å². The van der Waals surface area contributed by atoms with Gasteiger partial charge in [0.15, 0.2) is 22.4 Å². The lowest BCUT2D eigenvalue weighted by Gasteiger charge is -2.50. The van der Waals surface area contributed by atoms with Gasteiger partial charge >= 0.3 is 0 Å². The standard InChI is InChI=1S/C68H110O9Si3/c1-20-78(21-2,22-3)76-65(53(11)64(72-48-57-41-43-58(70-19)44-42-57)51(9)55(13)71-47-56-35-29-26-30-36-56)54(12)66(77-79(23-4,24-5)25-6)61(69)45-49(7)62-52(10)63(75-68(17,18)74-62)50(8)46-73-80(67(14,15)16,59-37-31-27-32-38-59)60-39-33-28-34-40-60/h26-44,49-55,61-66,69H,20-25,45-48H2,1-19H3/t49-,50-,51-,52+,53-,54+,55-,61?,62-,63+,64+,65-,66+/m0/s1. The van der Waals surface area contributed by atoms with Gasteiger partial charge in [-0.25, -0.2) is 0 Å². The maximum Gasteiger partial charge on any atom is 0.261 e. The van der Waals surface area contributed by atoms with E-state index in [1.54, 1.807) is 7.11 Å². The molecule has 0 saturated carbocycles. The summed E-state index contributed by atoms with van der Waals surface area (Å²) in [6.07, 6.45) is -1.80. The van der Waals surface area contributed by atoms with Gasteiger partial charge in [0.2, 0.25) is 0 Å². The van der Waals surface area contributed by atoms with Gasteiger partial charge in [0.25, 0.3) is 8.32 Å². The van der Waals surface area contributed by atoms with Crippen LogP contribution in [0.25, 0.3) is 0 Å². The maximum absolute atomic E-state index is 13.3. The van der Waals surface area contributed by atoms with Crippen LogP contribution in [0.3, 0.4) is 0 Å². The summed E-state index contributed by atoms with van der Waals surface area (Å²) in [5.41, 5.74) is 2.22. The van der Waals surface area contributed by atoms with E-state index in [1.807, 2.05) is 32.0 Å². The van der Waals surface area contributed by atoms with Crippen molar-refractivity contribution in [2.24, 2.45) is 35.5 Å². The Morgan fingerprint density at radius 1 is 0.550 bits per heavy atom. The van der Waals surface area contributed by atoms with Crippen molar-refractivity contribution in [3.63, 3.8) is 0 Å². The van der Waals surface area contributed by atoms with Crippen LogP contribution < -0.4 is 15.1 Å². The average Bonchev–Trinajstić information content (AvgIpc) is 3.46. The van der Waals surface area contributed by atoms with Crippen LogP contribution in [0.2, 0.25) is 41.3 Å². The zero-order valence-electron chi connectivity index (χ0n) is 53.3. The predicted molar refractivity (Wildman–Crippen MR) is 339 cm³/mol. The summed E-state index contributed by atoms with van der Waals surface area (Å²) in [6, 6.07) is 46.3. The lowest BCUT2D eigenvalue weighted by atomic mass is 9.77. The van der Waals surface area contributed by atoms with E-state index in [-0.39, 0.29) is 71.1 Å². The molecule has 0 radical (unpaired) electrons. The smallest absolute Gasteiger partial charge is 0.261 e. The molecule has 1 heterocycles. The van der Waals surface area contributed by atoms with Crippen LogP contribution in [0.5, 0.6) is 5.75 Å². The fourth-order valence-corrected chi connectivity index (χ4v) is 23.8. The first-order chi connectivity index (χ1) is 37.9. The summed E-state index contributed by atoms with van der Waals surface area (Å²) in [7, 11) is -5.70. The Hall–Kier alpha value is -2.99. The van der Waals surface area contributed by atoms with E-state index in [0.29, 0.717) is 26.2 Å². The van der Waals surface area contributed by atoms with Crippen molar-refractivity contribution in [3.05, 3.63) is 126 Å². The summed E-state index contributed by atoms with van der Waals surface area (Å²) in [6.45, 7) is 42.3. The van der Waals surface area contributed by atoms with E-state index in [4.69, 9.17) is 37.0 Å². The molecule has 0 aliphatic carbocycles. The molecule has 448 valence electrons. The number of aliphatic hydroxyl groups is 1. The number of ether oxygens (including phenoxy) is 5. The summed E-state index contributed by atoms with van der Waals surface area (Å²) in [4.78, 5) is 0. The predicted octanol–water partition coefficient (Wildman–Crippen LogP) is 15.6. The largest absolute Gasteiger partial charge is 0.497 e. The fourth-order valence-electron chi connectivity index (χ4n) is 13.2. The third-order valence-corrected chi connectivity index (χ3v) is 33.2. The van der Waals surface area contributed by atoms with E-state index >= 15 is 0 Å². The van der Waals surface area contributed by atoms with Gasteiger partial charge in [0.05, 0.1) is 63.1 Å². The second kappa shape index (κ2) is 30.7. The Labute approximate surface area is 490 Å². The molecule has 0 aromatic heterocycles. The van der Waals surface area contributed by atoms with Crippen LogP contribution in [-0.2, 0) is 45.4 Å². The van der Waals surface area contributed by atoms with Crippen molar-refractivity contribution in [1.29, 1.82) is 0 Å². The Bertz CT molecular complexity index is 2290. The zero-order valence-corrected chi connectivity index (χ0v) is 56.3. The first-order valence-corrected chi connectivity index (χ1v) is 37.9. The van der Waals surface area contributed by atoms with Gasteiger partial charge in [-0.2, -0.15) is 0 Å². The van der Waals surface area contributed by atoms with Gasteiger partial charge in [-0.1, -0.05) is 207 Å². The van der Waals surface area contributed by atoms with Gasteiger partial charge in [-0.15, -0.1) is 0 Å². The number of aliphatic hydroxyl groups excluding tert-OH is 1. The first kappa shape index (κ1) is 67.8. The minimum Gasteiger partial charge on any atom is -0.497 e. The van der Waals surface area contributed by atoms with Crippen molar-refractivity contribution < 1.29 is 42.1 Å². The molecule has 5 rings (SSSR count). The highest BCUT2D eigenvalue weighted by atomic mass is 28.4. The topological polar surface area (TPSA) is 94.1 Å². The maximum atomic E-state index is 13.3. The molecule has 1 saturated heterocycles. The van der Waals surface area contributed by atoms with Crippen LogP contribution in [0.1, 0.15) is 142 Å². The van der Waals surface area contributed by atoms with E-state index < -0.39 is 42.9 Å². The highest BCUT2D eigenvalue weighted by molar-refractivity contribution is 6.99. The molecular formula is C68H110O9Si3. The lowest BCUT2D eigenvalue weighted by molar-refractivity contribution is -0.336. The molecule has 0 spiro atoms. The molecule has 4 aromatic carbocycles. The quantitative estimate of drug-likeness (QED) is 0.0468. The van der Waals surface area contributed by atoms with Crippen molar-refractivity contribution in [2.45, 2.75) is 234 Å².